The van der Waals surface area contributed by atoms with Gasteiger partial charge in [0.1, 0.15) is 0 Å². The van der Waals surface area contributed by atoms with Gasteiger partial charge in [0.05, 0.1) is 6.67 Å². The lowest BCUT2D eigenvalue weighted by Crippen LogP contribution is -2.53. The summed E-state index contributed by atoms with van der Waals surface area (Å²) in [6, 6.07) is 5.62. The number of amides is 1. The molecule has 1 aromatic rings. The largest absolute Gasteiger partial charge is 0.312 e. The molecule has 4 aliphatic rings. The van der Waals surface area contributed by atoms with Crippen LogP contribution in [0.4, 0.5) is 0 Å². The Balaban J connectivity index is 1.35. The van der Waals surface area contributed by atoms with Gasteiger partial charge in [0.2, 0.25) is 5.91 Å². The lowest BCUT2D eigenvalue weighted by molar-refractivity contribution is -0.117. The van der Waals surface area contributed by atoms with Crippen molar-refractivity contribution in [3.8, 4) is 0 Å². The van der Waals surface area contributed by atoms with E-state index in [1.807, 2.05) is 10.6 Å². The van der Waals surface area contributed by atoms with Gasteiger partial charge in [-0.15, -0.1) is 0 Å². The first-order valence-electron chi connectivity index (χ1n) is 9.39. The Labute approximate surface area is 167 Å². The number of piperidine rings is 1. The first kappa shape index (κ1) is 17.4. The fraction of sp³-hybridized carbons (Fsp3) is 0.556. The lowest BCUT2D eigenvalue weighted by atomic mass is 9.83. The average Bonchev–Trinajstić information content (AvgIpc) is 2.80. The fourth-order valence-electron chi connectivity index (χ4n) is 4.66. The van der Waals surface area contributed by atoms with Gasteiger partial charge in [-0.3, -0.25) is 24.5 Å². The Morgan fingerprint density at radius 3 is 3.00 bits per heavy atom. The first-order chi connectivity index (χ1) is 13.1. The molecule has 1 amide bonds. The number of carbonyl (C=O) groups is 1. The van der Waals surface area contributed by atoms with E-state index in [1.165, 1.54) is 11.8 Å². The summed E-state index contributed by atoms with van der Waals surface area (Å²) in [6.45, 7) is 4.16. The lowest BCUT2D eigenvalue weighted by Gasteiger charge is -2.44. The van der Waals surface area contributed by atoms with Crippen molar-refractivity contribution in [2.45, 2.75) is 31.7 Å². The number of thioether (sulfide) groups is 1. The van der Waals surface area contributed by atoms with E-state index in [0.717, 1.165) is 54.2 Å². The van der Waals surface area contributed by atoms with E-state index in [1.54, 1.807) is 6.07 Å². The number of nitrogens with zero attached hydrogens (tertiary/aromatic N) is 5. The molecule has 0 saturated carbocycles. The Morgan fingerprint density at radius 1 is 1.22 bits per heavy atom. The van der Waals surface area contributed by atoms with Gasteiger partial charge in [0, 0.05) is 50.3 Å². The summed E-state index contributed by atoms with van der Waals surface area (Å²) in [5.41, 5.74) is 1.27. The van der Waals surface area contributed by atoms with Crippen LogP contribution in [0, 0.1) is 5.92 Å². The molecule has 2 fully saturated rings. The van der Waals surface area contributed by atoms with Crippen molar-refractivity contribution in [2.24, 2.45) is 10.9 Å². The molecule has 1 aromatic heterocycles. The Kier molecular flexibility index (Phi) is 4.33. The summed E-state index contributed by atoms with van der Waals surface area (Å²) in [4.78, 5) is 30.6. The Hall–Kier alpha value is -1.71. The quantitative estimate of drug-likeness (QED) is 0.693. The molecular formula is C18H21N5O2S2. The molecule has 27 heavy (non-hydrogen) atoms. The molecule has 9 heteroatoms. The highest BCUT2D eigenvalue weighted by atomic mass is 32.2. The van der Waals surface area contributed by atoms with Gasteiger partial charge in [-0.2, -0.15) is 4.99 Å². The molecule has 7 nitrogen and oxygen atoms in total. The second-order valence-corrected chi connectivity index (χ2v) is 9.26. The minimum absolute atomic E-state index is 0.0563. The Bertz CT molecular complexity index is 898. The standard InChI is InChI=1S/C18H21N5O2S2/c24-15-4-2-6-22-17(19-15)27-18(26)23(22)11-20-8-12-7-13(10-20)14-3-1-5-16(25)21(14)9-12/h1,3,5,12-13H,2,4,6-11H2/t12-,13+/m0/s1. The number of thiocarbonyl (C=S) groups is 1. The van der Waals surface area contributed by atoms with Crippen molar-refractivity contribution in [3.05, 3.63) is 34.2 Å². The van der Waals surface area contributed by atoms with Crippen LogP contribution in [0.5, 0.6) is 0 Å². The van der Waals surface area contributed by atoms with E-state index in [9.17, 15) is 9.59 Å². The number of pyridine rings is 1. The maximum Gasteiger partial charge on any atom is 0.250 e. The summed E-state index contributed by atoms with van der Waals surface area (Å²) >= 11 is 6.99. The zero-order valence-corrected chi connectivity index (χ0v) is 16.5. The number of hydrogen-bond acceptors (Lipinski definition) is 6. The predicted molar refractivity (Wildman–Crippen MR) is 108 cm³/mol. The molecule has 0 N–H and O–H groups in total. The van der Waals surface area contributed by atoms with Crippen LogP contribution >= 0.6 is 24.0 Å². The van der Waals surface area contributed by atoms with Crippen molar-refractivity contribution in [2.75, 3.05) is 26.3 Å². The normalized spacial score (nSPS) is 27.9. The topological polar surface area (TPSA) is 61.2 Å². The van der Waals surface area contributed by atoms with Crippen LogP contribution in [-0.4, -0.2) is 61.2 Å². The van der Waals surface area contributed by atoms with Gasteiger partial charge in [-0.25, -0.2) is 0 Å². The van der Waals surface area contributed by atoms with E-state index in [-0.39, 0.29) is 11.5 Å². The predicted octanol–water partition coefficient (Wildman–Crippen LogP) is 1.45. The van der Waals surface area contributed by atoms with E-state index in [0.29, 0.717) is 24.9 Å². The third-order valence-corrected chi connectivity index (χ3v) is 7.10. The zero-order valence-electron chi connectivity index (χ0n) is 14.9. The number of aliphatic imine (C=N–C) groups is 1. The number of fused-ring (bicyclic) bond motifs is 5. The van der Waals surface area contributed by atoms with E-state index >= 15 is 0 Å². The van der Waals surface area contributed by atoms with Crippen molar-refractivity contribution >= 4 is 39.4 Å². The molecule has 0 spiro atoms. The monoisotopic (exact) mass is 403 g/mol. The molecule has 0 aromatic carbocycles. The van der Waals surface area contributed by atoms with E-state index in [2.05, 4.69) is 26.0 Å². The molecule has 4 aliphatic heterocycles. The minimum atomic E-state index is -0.0563. The third-order valence-electron chi connectivity index (χ3n) is 5.77. The summed E-state index contributed by atoms with van der Waals surface area (Å²) in [6.07, 6.45) is 2.44. The van der Waals surface area contributed by atoms with Crippen molar-refractivity contribution < 1.29 is 4.79 Å². The second-order valence-electron chi connectivity index (χ2n) is 7.66. The number of hydrogen-bond donors (Lipinski definition) is 0. The van der Waals surface area contributed by atoms with Crippen LogP contribution in [0.15, 0.2) is 28.0 Å². The van der Waals surface area contributed by atoms with Crippen LogP contribution in [0.2, 0.25) is 0 Å². The molecule has 0 unspecified atom stereocenters. The van der Waals surface area contributed by atoms with Gasteiger partial charge >= 0.3 is 0 Å². The highest BCUT2D eigenvalue weighted by Crippen LogP contribution is 2.36. The minimum Gasteiger partial charge on any atom is -0.312 e. The molecule has 5 heterocycles. The molecule has 2 saturated heterocycles. The van der Waals surface area contributed by atoms with Gasteiger partial charge < -0.3 is 4.57 Å². The highest BCUT2D eigenvalue weighted by Gasteiger charge is 2.39. The van der Waals surface area contributed by atoms with Gasteiger partial charge in [-0.05, 0) is 36.6 Å². The summed E-state index contributed by atoms with van der Waals surface area (Å²) in [7, 11) is 0. The van der Waals surface area contributed by atoms with Crippen LogP contribution in [0.25, 0.3) is 0 Å². The maximum absolute atomic E-state index is 12.2. The molecule has 2 atom stereocenters. The molecular weight excluding hydrogens is 382 g/mol. The van der Waals surface area contributed by atoms with Crippen LogP contribution < -0.4 is 5.56 Å². The smallest absolute Gasteiger partial charge is 0.250 e. The summed E-state index contributed by atoms with van der Waals surface area (Å²) in [5, 5.41) is 4.88. The molecule has 142 valence electrons. The van der Waals surface area contributed by atoms with Crippen LogP contribution in [0.1, 0.15) is 30.9 Å². The van der Waals surface area contributed by atoms with Gasteiger partial charge in [-0.1, -0.05) is 18.3 Å². The number of hydrazine groups is 1. The van der Waals surface area contributed by atoms with Gasteiger partial charge in [0.25, 0.3) is 5.56 Å². The Morgan fingerprint density at radius 2 is 2.11 bits per heavy atom. The molecule has 2 bridgehead atoms. The molecule has 5 rings (SSSR count). The first-order valence-corrected chi connectivity index (χ1v) is 10.6. The average molecular weight is 404 g/mol. The molecule has 0 aliphatic carbocycles. The third kappa shape index (κ3) is 3.11. The van der Waals surface area contributed by atoms with Crippen LogP contribution in [0.3, 0.4) is 0 Å². The summed E-state index contributed by atoms with van der Waals surface area (Å²) < 4.78 is 2.72. The number of aromatic nitrogens is 1. The van der Waals surface area contributed by atoms with Crippen LogP contribution in [-0.2, 0) is 11.3 Å². The van der Waals surface area contributed by atoms with Crippen molar-refractivity contribution in [3.63, 3.8) is 0 Å². The number of carbonyl (C=O) groups excluding carboxylic acids is 1. The van der Waals surface area contributed by atoms with E-state index < -0.39 is 0 Å². The van der Waals surface area contributed by atoms with Gasteiger partial charge in [0.15, 0.2) is 9.49 Å². The number of likely N-dealkylation sites (tertiary alicyclic amines) is 1. The number of rotatable bonds is 2. The summed E-state index contributed by atoms with van der Waals surface area (Å²) in [5.74, 6) is 0.812. The molecule has 0 radical (unpaired) electrons. The maximum atomic E-state index is 12.2. The SMILES string of the molecule is O=C1CCCN2C(=N1)SC(=S)N2CN1C[C@@H]2C[C@H](C1)c1cccc(=O)n1C2. The fourth-order valence-corrected chi connectivity index (χ4v) is 5.90. The highest BCUT2D eigenvalue weighted by molar-refractivity contribution is 8.33. The second kappa shape index (κ2) is 6.72. The van der Waals surface area contributed by atoms with E-state index in [4.69, 9.17) is 12.2 Å². The van der Waals surface area contributed by atoms with Crippen molar-refractivity contribution in [1.29, 1.82) is 0 Å². The zero-order chi connectivity index (χ0) is 18.5. The number of amidine groups is 1. The van der Waals surface area contributed by atoms with Crippen molar-refractivity contribution in [1.82, 2.24) is 19.5 Å².